The first kappa shape index (κ1) is 7.58. The number of hydrogen-bond acceptors (Lipinski definition) is 2. The minimum absolute atomic E-state index is 0.109. The third-order valence-electron chi connectivity index (χ3n) is 3.03. The van der Waals surface area contributed by atoms with Crippen LogP contribution in [0.4, 0.5) is 0 Å². The fourth-order valence-corrected chi connectivity index (χ4v) is 2.21. The molecule has 1 aliphatic carbocycles. The highest BCUT2D eigenvalue weighted by Gasteiger charge is 2.53. The van der Waals surface area contributed by atoms with Crippen molar-refractivity contribution in [2.45, 2.75) is 31.7 Å². The Morgan fingerprint density at radius 2 is 2.25 bits per heavy atom. The molecule has 0 aromatic rings. The lowest BCUT2D eigenvalue weighted by Gasteiger charge is -2.39. The normalized spacial score (nSPS) is 31.3. The summed E-state index contributed by atoms with van der Waals surface area (Å²) in [5.74, 6) is -0.998. The van der Waals surface area contributed by atoms with Crippen molar-refractivity contribution in [2.24, 2.45) is 5.41 Å². The maximum atomic E-state index is 11.0. The SMILES string of the molecule is O=C1CC2(CCC2)C(C(=O)O)N1. The molecule has 4 heteroatoms. The minimum Gasteiger partial charge on any atom is -0.480 e. The van der Waals surface area contributed by atoms with Gasteiger partial charge in [0.25, 0.3) is 0 Å². The summed E-state index contributed by atoms with van der Waals surface area (Å²) in [6.07, 6.45) is 3.22. The molecule has 0 radical (unpaired) electrons. The highest BCUT2D eigenvalue weighted by atomic mass is 16.4. The smallest absolute Gasteiger partial charge is 0.326 e. The zero-order chi connectivity index (χ0) is 8.77. The average molecular weight is 169 g/mol. The number of carboxylic acid groups (broad SMARTS) is 1. The fraction of sp³-hybridized carbons (Fsp3) is 0.750. The molecule has 1 heterocycles. The Kier molecular flexibility index (Phi) is 1.40. The summed E-state index contributed by atoms with van der Waals surface area (Å²) >= 11 is 0. The van der Waals surface area contributed by atoms with Crippen LogP contribution < -0.4 is 5.32 Å². The van der Waals surface area contributed by atoms with E-state index in [1.165, 1.54) is 0 Å². The standard InChI is InChI=1S/C8H11NO3/c10-5-4-8(2-1-3-8)6(9-5)7(11)12/h6H,1-4H2,(H,9,10)(H,11,12). The number of rotatable bonds is 1. The van der Waals surface area contributed by atoms with Crippen LogP contribution in [0.5, 0.6) is 0 Å². The van der Waals surface area contributed by atoms with E-state index >= 15 is 0 Å². The van der Waals surface area contributed by atoms with Gasteiger partial charge in [-0.05, 0) is 12.8 Å². The Bertz CT molecular complexity index is 245. The molecule has 2 rings (SSSR count). The summed E-state index contributed by atoms with van der Waals surface area (Å²) in [5.41, 5.74) is -0.233. The van der Waals surface area contributed by atoms with Crippen LogP contribution in [0, 0.1) is 5.41 Å². The van der Waals surface area contributed by atoms with Crippen LogP contribution in [-0.4, -0.2) is 23.0 Å². The van der Waals surface area contributed by atoms with Gasteiger partial charge in [0.2, 0.25) is 5.91 Å². The van der Waals surface area contributed by atoms with Gasteiger partial charge < -0.3 is 10.4 Å². The molecule has 1 spiro atoms. The molecule has 1 unspecified atom stereocenters. The van der Waals surface area contributed by atoms with E-state index in [0.29, 0.717) is 6.42 Å². The van der Waals surface area contributed by atoms with Gasteiger partial charge in [0, 0.05) is 11.8 Å². The first-order valence-electron chi connectivity index (χ1n) is 4.16. The molecule has 2 fully saturated rings. The molecule has 0 bridgehead atoms. The first-order chi connectivity index (χ1) is 5.64. The van der Waals surface area contributed by atoms with Crippen molar-refractivity contribution >= 4 is 11.9 Å². The monoisotopic (exact) mass is 169 g/mol. The lowest BCUT2D eigenvalue weighted by Crippen LogP contribution is -2.47. The predicted molar refractivity (Wildman–Crippen MR) is 40.5 cm³/mol. The van der Waals surface area contributed by atoms with Gasteiger partial charge in [-0.25, -0.2) is 4.79 Å². The van der Waals surface area contributed by atoms with E-state index in [1.54, 1.807) is 0 Å². The highest BCUT2D eigenvalue weighted by Crippen LogP contribution is 2.49. The number of aliphatic carboxylic acids is 1. The van der Waals surface area contributed by atoms with Crippen LogP contribution in [0.15, 0.2) is 0 Å². The molecule has 1 saturated heterocycles. The topological polar surface area (TPSA) is 66.4 Å². The Morgan fingerprint density at radius 1 is 1.58 bits per heavy atom. The highest BCUT2D eigenvalue weighted by molar-refractivity contribution is 5.89. The van der Waals surface area contributed by atoms with Crippen LogP contribution in [0.1, 0.15) is 25.7 Å². The Morgan fingerprint density at radius 3 is 2.58 bits per heavy atom. The van der Waals surface area contributed by atoms with Crippen molar-refractivity contribution in [3.63, 3.8) is 0 Å². The van der Waals surface area contributed by atoms with E-state index < -0.39 is 12.0 Å². The largest absolute Gasteiger partial charge is 0.480 e. The third-order valence-corrected chi connectivity index (χ3v) is 3.03. The predicted octanol–water partition coefficient (Wildman–Crippen LogP) is 0.130. The van der Waals surface area contributed by atoms with Gasteiger partial charge in [-0.1, -0.05) is 6.42 Å². The van der Waals surface area contributed by atoms with E-state index in [1.807, 2.05) is 0 Å². The van der Waals surface area contributed by atoms with Gasteiger partial charge >= 0.3 is 5.97 Å². The molecule has 4 nitrogen and oxygen atoms in total. The van der Waals surface area contributed by atoms with E-state index in [4.69, 9.17) is 5.11 Å². The molecule has 0 aromatic carbocycles. The minimum atomic E-state index is -0.888. The molecule has 12 heavy (non-hydrogen) atoms. The molecular formula is C8H11NO3. The van der Waals surface area contributed by atoms with Crippen molar-refractivity contribution < 1.29 is 14.7 Å². The van der Waals surface area contributed by atoms with Crippen LogP contribution in [0.25, 0.3) is 0 Å². The van der Waals surface area contributed by atoms with Gasteiger partial charge in [-0.3, -0.25) is 4.79 Å². The zero-order valence-electron chi connectivity index (χ0n) is 6.67. The summed E-state index contributed by atoms with van der Waals surface area (Å²) in [4.78, 5) is 21.7. The van der Waals surface area contributed by atoms with Gasteiger partial charge in [0.1, 0.15) is 6.04 Å². The maximum absolute atomic E-state index is 11.0. The molecule has 0 aromatic heterocycles. The Hall–Kier alpha value is -1.06. The second-order valence-corrected chi connectivity index (χ2v) is 3.73. The fourth-order valence-electron chi connectivity index (χ4n) is 2.21. The van der Waals surface area contributed by atoms with Crippen LogP contribution in [-0.2, 0) is 9.59 Å². The molecule has 1 saturated carbocycles. The maximum Gasteiger partial charge on any atom is 0.326 e. The van der Waals surface area contributed by atoms with Crippen LogP contribution in [0.2, 0.25) is 0 Å². The summed E-state index contributed by atoms with van der Waals surface area (Å²) in [7, 11) is 0. The van der Waals surface area contributed by atoms with Gasteiger partial charge in [-0.15, -0.1) is 0 Å². The summed E-state index contributed by atoms with van der Waals surface area (Å²) in [5, 5.41) is 11.3. The van der Waals surface area contributed by atoms with Crippen LogP contribution in [0.3, 0.4) is 0 Å². The molecule has 2 N–H and O–H groups in total. The van der Waals surface area contributed by atoms with Crippen molar-refractivity contribution in [3.05, 3.63) is 0 Å². The number of carboxylic acids is 1. The summed E-state index contributed by atoms with van der Waals surface area (Å²) < 4.78 is 0. The van der Waals surface area contributed by atoms with Gasteiger partial charge in [0.05, 0.1) is 0 Å². The van der Waals surface area contributed by atoms with Crippen molar-refractivity contribution in [1.82, 2.24) is 5.32 Å². The number of carbonyl (C=O) groups is 2. The molecular weight excluding hydrogens is 158 g/mol. The number of carbonyl (C=O) groups excluding carboxylic acids is 1. The lowest BCUT2D eigenvalue weighted by molar-refractivity contribution is -0.144. The van der Waals surface area contributed by atoms with Crippen molar-refractivity contribution in [2.75, 3.05) is 0 Å². The lowest BCUT2D eigenvalue weighted by atomic mass is 9.64. The second kappa shape index (κ2) is 2.21. The molecule has 66 valence electrons. The Balaban J connectivity index is 2.21. The van der Waals surface area contributed by atoms with E-state index in [-0.39, 0.29) is 11.3 Å². The molecule has 1 aliphatic heterocycles. The third kappa shape index (κ3) is 0.838. The summed E-state index contributed by atoms with van der Waals surface area (Å²) in [6, 6.07) is -0.626. The summed E-state index contributed by atoms with van der Waals surface area (Å²) in [6.45, 7) is 0. The van der Waals surface area contributed by atoms with Gasteiger partial charge in [0.15, 0.2) is 0 Å². The molecule has 1 atom stereocenters. The number of hydrogen-bond donors (Lipinski definition) is 2. The Labute approximate surface area is 69.9 Å². The second-order valence-electron chi connectivity index (χ2n) is 3.73. The molecule has 2 aliphatic rings. The van der Waals surface area contributed by atoms with E-state index in [2.05, 4.69) is 5.32 Å². The quantitative estimate of drug-likeness (QED) is 0.586. The van der Waals surface area contributed by atoms with Gasteiger partial charge in [-0.2, -0.15) is 0 Å². The van der Waals surface area contributed by atoms with Crippen LogP contribution >= 0.6 is 0 Å². The first-order valence-corrected chi connectivity index (χ1v) is 4.16. The molecule has 1 amide bonds. The average Bonchev–Trinajstić information content (AvgIpc) is 2.25. The van der Waals surface area contributed by atoms with Crippen molar-refractivity contribution in [3.8, 4) is 0 Å². The van der Waals surface area contributed by atoms with E-state index in [9.17, 15) is 9.59 Å². The van der Waals surface area contributed by atoms with E-state index in [0.717, 1.165) is 19.3 Å². The van der Waals surface area contributed by atoms with Crippen molar-refractivity contribution in [1.29, 1.82) is 0 Å². The number of amides is 1. The number of nitrogens with one attached hydrogen (secondary N) is 1. The zero-order valence-corrected chi connectivity index (χ0v) is 6.67.